The fourth-order valence-corrected chi connectivity index (χ4v) is 8.38. The Labute approximate surface area is 198 Å². The quantitative estimate of drug-likeness (QED) is 0.384. The monoisotopic (exact) mass is 460 g/mol. The third kappa shape index (κ3) is 2.06. The van der Waals surface area contributed by atoms with E-state index in [0.29, 0.717) is 60.2 Å². The molecular weight excluding hydrogens is 432 g/mol. The Morgan fingerprint density at radius 3 is 1.18 bits per heavy atom. The van der Waals surface area contributed by atoms with Crippen molar-refractivity contribution < 1.29 is 28.5 Å². The molecule has 176 valence electrons. The molecule has 2 aromatic carbocycles. The highest BCUT2D eigenvalue weighted by Crippen LogP contribution is 3.10. The van der Waals surface area contributed by atoms with E-state index in [9.17, 15) is 9.59 Å². The highest BCUT2D eigenvalue weighted by molar-refractivity contribution is 5.98. The highest BCUT2D eigenvalue weighted by atomic mass is 16.5. The normalized spacial score (nSPS) is 38.1. The van der Waals surface area contributed by atoms with Crippen molar-refractivity contribution in [3.63, 3.8) is 0 Å². The number of ether oxygens (including phenoxy) is 4. The van der Waals surface area contributed by atoms with Gasteiger partial charge in [-0.3, -0.25) is 9.59 Å². The standard InChI is InChI=1S/C28H28O6/c1-3-13-31-15-5-9-17(10-6-15)33-25(29)27-19-22-20(27)24-21(27)23(19)28(22,24)26(30)34-18-11-7-16(8-12-18)32-14-4-2/h5-12,19-24H,3-4,13-14H2,1-2H3. The summed E-state index contributed by atoms with van der Waals surface area (Å²) in [5.41, 5.74) is -0.671. The van der Waals surface area contributed by atoms with Crippen LogP contribution in [0.4, 0.5) is 0 Å². The minimum absolute atomic E-state index is 0.109. The molecule has 0 atom stereocenters. The van der Waals surface area contributed by atoms with E-state index in [-0.39, 0.29) is 22.8 Å². The predicted octanol–water partition coefficient (Wildman–Crippen LogP) is 4.51. The van der Waals surface area contributed by atoms with Gasteiger partial charge in [-0.2, -0.15) is 0 Å². The van der Waals surface area contributed by atoms with Crippen LogP contribution in [0.1, 0.15) is 26.7 Å². The Kier molecular flexibility index (Phi) is 4.05. The molecule has 6 aliphatic rings. The number of hydrogen-bond donors (Lipinski definition) is 0. The summed E-state index contributed by atoms with van der Waals surface area (Å²) in [5.74, 6) is 4.23. The molecule has 6 aliphatic carbocycles. The molecule has 2 aromatic rings. The first-order valence-corrected chi connectivity index (χ1v) is 12.5. The van der Waals surface area contributed by atoms with Crippen LogP contribution in [0.2, 0.25) is 0 Å². The van der Waals surface area contributed by atoms with Crippen molar-refractivity contribution in [1.29, 1.82) is 0 Å². The van der Waals surface area contributed by atoms with Gasteiger partial charge in [-0.05, 0) is 96.9 Å². The van der Waals surface area contributed by atoms with Gasteiger partial charge in [-0.1, -0.05) is 13.8 Å². The van der Waals surface area contributed by atoms with Gasteiger partial charge >= 0.3 is 11.9 Å². The number of carbonyl (C=O) groups is 2. The molecule has 0 bridgehead atoms. The predicted molar refractivity (Wildman–Crippen MR) is 122 cm³/mol. The first-order valence-electron chi connectivity index (χ1n) is 12.5. The van der Waals surface area contributed by atoms with E-state index in [1.165, 1.54) is 0 Å². The van der Waals surface area contributed by atoms with Gasteiger partial charge in [-0.15, -0.1) is 0 Å². The van der Waals surface area contributed by atoms with Crippen molar-refractivity contribution in [3.05, 3.63) is 48.5 Å². The zero-order valence-electron chi connectivity index (χ0n) is 19.4. The number of benzene rings is 2. The zero-order chi connectivity index (χ0) is 23.2. The molecular formula is C28H28O6. The van der Waals surface area contributed by atoms with E-state index in [4.69, 9.17) is 18.9 Å². The topological polar surface area (TPSA) is 71.1 Å². The van der Waals surface area contributed by atoms with Crippen LogP contribution in [-0.2, 0) is 9.59 Å². The van der Waals surface area contributed by atoms with E-state index in [1.807, 2.05) is 24.3 Å². The first kappa shape index (κ1) is 20.4. The summed E-state index contributed by atoms with van der Waals surface area (Å²) < 4.78 is 22.8. The molecule has 0 N–H and O–H groups in total. The van der Waals surface area contributed by atoms with Crippen LogP contribution in [0, 0.1) is 46.3 Å². The molecule has 0 radical (unpaired) electrons. The second-order valence-corrected chi connectivity index (χ2v) is 10.4. The van der Waals surface area contributed by atoms with Crippen LogP contribution in [0.3, 0.4) is 0 Å². The lowest BCUT2D eigenvalue weighted by Crippen LogP contribution is -3.12. The van der Waals surface area contributed by atoms with Crippen LogP contribution < -0.4 is 18.9 Å². The lowest BCUT2D eigenvalue weighted by atomic mass is 8.92. The molecule has 0 amide bonds. The van der Waals surface area contributed by atoms with Crippen LogP contribution in [-0.4, -0.2) is 25.2 Å². The number of carbonyl (C=O) groups excluding carboxylic acids is 2. The number of hydrogen-bond acceptors (Lipinski definition) is 6. The average molecular weight is 461 g/mol. The summed E-state index contributed by atoms with van der Waals surface area (Å²) in [6.45, 7) is 5.46. The lowest BCUT2D eigenvalue weighted by molar-refractivity contribution is -0.627. The van der Waals surface area contributed by atoms with Crippen LogP contribution in [0.5, 0.6) is 23.0 Å². The summed E-state index contributed by atoms with van der Waals surface area (Å²) in [7, 11) is 0. The summed E-state index contributed by atoms with van der Waals surface area (Å²) >= 11 is 0. The van der Waals surface area contributed by atoms with Crippen molar-refractivity contribution >= 4 is 11.9 Å². The third-order valence-electron chi connectivity index (χ3n) is 9.35. The van der Waals surface area contributed by atoms with E-state index in [0.717, 1.165) is 24.3 Å². The maximum absolute atomic E-state index is 13.1. The van der Waals surface area contributed by atoms with E-state index < -0.39 is 0 Å². The largest absolute Gasteiger partial charge is 0.494 e. The van der Waals surface area contributed by atoms with E-state index >= 15 is 0 Å². The van der Waals surface area contributed by atoms with Crippen LogP contribution in [0.25, 0.3) is 0 Å². The molecule has 0 spiro atoms. The fourth-order valence-electron chi connectivity index (χ4n) is 8.38. The Hall–Kier alpha value is -3.02. The molecule has 34 heavy (non-hydrogen) atoms. The van der Waals surface area contributed by atoms with Crippen molar-refractivity contribution in [2.75, 3.05) is 13.2 Å². The van der Waals surface area contributed by atoms with Gasteiger partial charge in [0.2, 0.25) is 0 Å². The third-order valence-corrected chi connectivity index (χ3v) is 9.35. The second-order valence-electron chi connectivity index (χ2n) is 10.4. The van der Waals surface area contributed by atoms with Gasteiger partial charge in [0.25, 0.3) is 0 Å². The molecule has 0 saturated heterocycles. The molecule has 6 saturated carbocycles. The molecule has 0 aromatic heterocycles. The lowest BCUT2D eigenvalue weighted by Gasteiger charge is -3.08. The van der Waals surface area contributed by atoms with Crippen molar-refractivity contribution in [3.8, 4) is 23.0 Å². The summed E-state index contributed by atoms with van der Waals surface area (Å²) in [5, 5.41) is 0. The fraction of sp³-hybridized carbons (Fsp3) is 0.500. The maximum Gasteiger partial charge on any atom is 0.318 e. The highest BCUT2D eigenvalue weighted by Gasteiger charge is 3.13. The SMILES string of the molecule is CCCOc1ccc(OC(=O)C23C4C5C2C2C3C4C52C(=O)Oc2ccc(OCCC)cc2)cc1. The molecule has 0 unspecified atom stereocenters. The maximum atomic E-state index is 13.1. The van der Waals surface area contributed by atoms with Gasteiger partial charge in [0.1, 0.15) is 23.0 Å². The van der Waals surface area contributed by atoms with Crippen molar-refractivity contribution in [2.24, 2.45) is 46.3 Å². The Morgan fingerprint density at radius 2 is 0.882 bits per heavy atom. The summed E-state index contributed by atoms with van der Waals surface area (Å²) in [6, 6.07) is 14.5. The van der Waals surface area contributed by atoms with Crippen molar-refractivity contribution in [1.82, 2.24) is 0 Å². The Balaban J connectivity index is 0.983. The van der Waals surface area contributed by atoms with Gasteiger partial charge in [0.15, 0.2) is 0 Å². The van der Waals surface area contributed by atoms with Crippen LogP contribution >= 0.6 is 0 Å². The molecule has 6 heteroatoms. The number of esters is 2. The summed E-state index contributed by atoms with van der Waals surface area (Å²) in [4.78, 5) is 26.3. The van der Waals surface area contributed by atoms with Gasteiger partial charge in [0.05, 0.1) is 24.0 Å². The Bertz CT molecular complexity index is 1020. The van der Waals surface area contributed by atoms with Gasteiger partial charge in [0, 0.05) is 0 Å². The van der Waals surface area contributed by atoms with Gasteiger partial charge in [-0.25, -0.2) is 0 Å². The van der Waals surface area contributed by atoms with E-state index in [1.54, 1.807) is 24.3 Å². The molecule has 0 aliphatic heterocycles. The first-order chi connectivity index (χ1) is 16.6. The minimum atomic E-state index is -0.336. The molecule has 6 fully saturated rings. The minimum Gasteiger partial charge on any atom is -0.494 e. The molecule has 0 heterocycles. The Morgan fingerprint density at radius 1 is 0.588 bits per heavy atom. The van der Waals surface area contributed by atoms with Crippen molar-refractivity contribution in [2.45, 2.75) is 26.7 Å². The summed E-state index contributed by atoms with van der Waals surface area (Å²) in [6.07, 6.45) is 1.89. The smallest absolute Gasteiger partial charge is 0.318 e. The second kappa shape index (κ2) is 6.77. The molecule has 8 rings (SSSR count). The average Bonchev–Trinajstić information content (AvgIpc) is 2.87. The van der Waals surface area contributed by atoms with E-state index in [2.05, 4.69) is 13.8 Å². The zero-order valence-corrected chi connectivity index (χ0v) is 19.4. The van der Waals surface area contributed by atoms with Crippen LogP contribution in [0.15, 0.2) is 48.5 Å². The number of rotatable bonds is 10. The molecule has 6 nitrogen and oxygen atoms in total. The van der Waals surface area contributed by atoms with Gasteiger partial charge < -0.3 is 18.9 Å².